The maximum absolute atomic E-state index is 12.9. The van der Waals surface area contributed by atoms with Crippen LogP contribution in [0.4, 0.5) is 0 Å². The zero-order valence-corrected chi connectivity index (χ0v) is 54.9. The van der Waals surface area contributed by atoms with Gasteiger partial charge in [-0.2, -0.15) is 0 Å². The Kier molecular flexibility index (Phi) is 61.4. The molecule has 0 saturated carbocycles. The quantitative estimate of drug-likeness (QED) is 0.0195. The van der Waals surface area contributed by atoms with Gasteiger partial charge in [-0.25, -0.2) is 0 Å². The SMILES string of the molecule is CC/C=C\C/C=C\C/C=C\C/C=C\C/C=C\C/C=C\C/C=C\CCCCCCCCCCCCCCCCCCCCCC(=O)OC(COC(=O)CCCCC/C=C\C/C=C\C/C=C\C/C=C\C/C=C\CC)COC(OCC[N+](C)(C)C)C(=O)[O-]. The number of hydrogen-bond donors (Lipinski definition) is 0. The minimum Gasteiger partial charge on any atom is -0.545 e. The lowest BCUT2D eigenvalue weighted by Crippen LogP contribution is -2.44. The summed E-state index contributed by atoms with van der Waals surface area (Å²) in [5.41, 5.74) is 0. The van der Waals surface area contributed by atoms with Crippen LogP contribution in [0.5, 0.6) is 0 Å². The zero-order chi connectivity index (χ0) is 61.9. The van der Waals surface area contributed by atoms with Gasteiger partial charge in [-0.05, 0) is 116 Å². The number of hydrogen-bond acceptors (Lipinski definition) is 8. The molecule has 0 aromatic heterocycles. The molecule has 85 heavy (non-hydrogen) atoms. The van der Waals surface area contributed by atoms with Crippen molar-refractivity contribution in [1.29, 1.82) is 0 Å². The minimum absolute atomic E-state index is 0.137. The van der Waals surface area contributed by atoms with Gasteiger partial charge >= 0.3 is 11.9 Å². The third-order valence-electron chi connectivity index (χ3n) is 14.1. The first-order chi connectivity index (χ1) is 41.6. The van der Waals surface area contributed by atoms with E-state index in [1.54, 1.807) is 0 Å². The van der Waals surface area contributed by atoms with Crippen molar-refractivity contribution in [2.45, 2.75) is 270 Å². The molecule has 0 fully saturated rings. The molecule has 0 aromatic carbocycles. The number of nitrogens with zero attached hydrogens (tertiary/aromatic N) is 1. The van der Waals surface area contributed by atoms with Gasteiger partial charge in [0.05, 0.1) is 40.3 Å². The Balaban J connectivity index is 4.08. The summed E-state index contributed by atoms with van der Waals surface area (Å²) in [6.45, 7) is 4.48. The van der Waals surface area contributed by atoms with Gasteiger partial charge in [0.25, 0.3) is 0 Å². The average molecular weight is 1180 g/mol. The number of ether oxygens (including phenoxy) is 4. The number of unbranched alkanes of at least 4 members (excludes halogenated alkanes) is 22. The Hall–Kier alpha value is -4.83. The van der Waals surface area contributed by atoms with Gasteiger partial charge in [-0.1, -0.05) is 275 Å². The maximum atomic E-state index is 12.9. The lowest BCUT2D eigenvalue weighted by molar-refractivity contribution is -0.870. The van der Waals surface area contributed by atoms with Crippen molar-refractivity contribution in [3.8, 4) is 0 Å². The summed E-state index contributed by atoms with van der Waals surface area (Å²) >= 11 is 0. The number of allylic oxidation sites excluding steroid dienone is 24. The van der Waals surface area contributed by atoms with Crippen molar-refractivity contribution in [3.63, 3.8) is 0 Å². The lowest BCUT2D eigenvalue weighted by atomic mass is 10.0. The fraction of sp³-hybridized carbons (Fsp3) is 0.645. The molecule has 0 aliphatic rings. The molecule has 0 bridgehead atoms. The van der Waals surface area contributed by atoms with Crippen molar-refractivity contribution in [3.05, 3.63) is 146 Å². The largest absolute Gasteiger partial charge is 0.545 e. The summed E-state index contributed by atoms with van der Waals surface area (Å²) in [6.07, 6.45) is 92.2. The third kappa shape index (κ3) is 66.5. The first kappa shape index (κ1) is 80.2. The third-order valence-corrected chi connectivity index (χ3v) is 14.1. The molecule has 0 N–H and O–H groups in total. The van der Waals surface area contributed by atoms with Gasteiger partial charge in [-0.3, -0.25) is 9.59 Å². The van der Waals surface area contributed by atoms with Crippen molar-refractivity contribution in [2.75, 3.05) is 47.5 Å². The summed E-state index contributed by atoms with van der Waals surface area (Å²) in [4.78, 5) is 37.4. The lowest BCUT2D eigenvalue weighted by Gasteiger charge is -2.26. The van der Waals surface area contributed by atoms with Crippen LogP contribution >= 0.6 is 0 Å². The molecule has 0 aliphatic heterocycles. The zero-order valence-electron chi connectivity index (χ0n) is 54.9. The standard InChI is InChI=1S/C76H125NO8/c1-6-8-10-12-14-16-18-20-22-24-26-27-28-29-30-31-32-33-34-35-36-37-38-39-40-41-42-43-44-45-46-47-49-51-53-55-57-59-61-63-65-67-74(79)85-72(71-84-76(75(80)81)82-69-68-77(3,4)5)70-83-73(78)66-64-62-60-58-56-54-52-50-48-25-23-21-19-17-15-13-11-9-7-2/h8-11,14-17,20-23,26-27,29-30,32-33,35-36,48,50,54,56,72,76H,6-7,12-13,18-19,24-25,28,31,34,37-47,49,51-53,55,57-71H2,1-5H3/b10-8-,11-9-,16-14-,17-15-,22-20-,23-21-,27-26-,30-29-,33-32-,36-35-,50-48-,56-54-. The maximum Gasteiger partial charge on any atom is 0.306 e. The number of quaternary nitrogens is 1. The Morgan fingerprint density at radius 1 is 0.353 bits per heavy atom. The van der Waals surface area contributed by atoms with Crippen molar-refractivity contribution in [1.82, 2.24) is 0 Å². The summed E-state index contributed by atoms with van der Waals surface area (Å²) in [5.74, 6) is -2.33. The van der Waals surface area contributed by atoms with E-state index in [9.17, 15) is 19.5 Å². The van der Waals surface area contributed by atoms with E-state index >= 15 is 0 Å². The van der Waals surface area contributed by atoms with Crippen LogP contribution in [0.1, 0.15) is 258 Å². The van der Waals surface area contributed by atoms with Gasteiger partial charge in [-0.15, -0.1) is 0 Å². The summed E-state index contributed by atoms with van der Waals surface area (Å²) in [6, 6.07) is 0. The first-order valence-corrected chi connectivity index (χ1v) is 34.0. The Morgan fingerprint density at radius 2 is 0.635 bits per heavy atom. The van der Waals surface area contributed by atoms with Gasteiger partial charge in [0.2, 0.25) is 0 Å². The molecule has 0 saturated heterocycles. The van der Waals surface area contributed by atoms with Crippen molar-refractivity contribution in [2.24, 2.45) is 0 Å². The summed E-state index contributed by atoms with van der Waals surface area (Å²) in [5, 5.41) is 11.8. The highest BCUT2D eigenvalue weighted by Crippen LogP contribution is 2.16. The molecule has 0 spiro atoms. The van der Waals surface area contributed by atoms with Gasteiger partial charge in [0, 0.05) is 12.8 Å². The van der Waals surface area contributed by atoms with E-state index in [1.165, 1.54) is 103 Å². The molecule has 0 heterocycles. The predicted molar refractivity (Wildman–Crippen MR) is 361 cm³/mol. The topological polar surface area (TPSA) is 111 Å². The number of carbonyl (C=O) groups is 3. The number of likely N-dealkylation sites (N-methyl/N-ethyl adjacent to an activating group) is 1. The molecule has 2 atom stereocenters. The molecule has 9 heteroatoms. The van der Waals surface area contributed by atoms with E-state index in [1.807, 2.05) is 21.1 Å². The van der Waals surface area contributed by atoms with E-state index in [-0.39, 0.29) is 32.7 Å². The second kappa shape index (κ2) is 65.2. The van der Waals surface area contributed by atoms with E-state index in [2.05, 4.69) is 160 Å². The summed E-state index contributed by atoms with van der Waals surface area (Å²) < 4.78 is 22.7. The van der Waals surface area contributed by atoms with Crippen LogP contribution in [0, 0.1) is 0 Å². The fourth-order valence-corrected chi connectivity index (χ4v) is 8.96. The second-order valence-electron chi connectivity index (χ2n) is 23.3. The molecule has 0 radical (unpaired) electrons. The Labute approximate surface area is 522 Å². The average Bonchev–Trinajstić information content (AvgIpc) is 3.49. The van der Waals surface area contributed by atoms with Gasteiger partial charge in [0.1, 0.15) is 13.2 Å². The van der Waals surface area contributed by atoms with Gasteiger partial charge in [0.15, 0.2) is 12.4 Å². The molecular formula is C76H125NO8. The minimum atomic E-state index is -1.64. The number of esters is 2. The van der Waals surface area contributed by atoms with Crippen molar-refractivity contribution >= 4 is 17.9 Å². The van der Waals surface area contributed by atoms with E-state index < -0.39 is 30.3 Å². The molecule has 0 aliphatic carbocycles. The molecule has 2 unspecified atom stereocenters. The van der Waals surface area contributed by atoms with E-state index in [0.29, 0.717) is 23.9 Å². The van der Waals surface area contributed by atoms with Crippen LogP contribution in [0.25, 0.3) is 0 Å². The number of carboxylic acid groups (broad SMARTS) is 1. The number of carbonyl (C=O) groups excluding carboxylic acids is 3. The smallest absolute Gasteiger partial charge is 0.306 e. The highest BCUT2D eigenvalue weighted by atomic mass is 16.7. The van der Waals surface area contributed by atoms with Crippen LogP contribution in [0.2, 0.25) is 0 Å². The molecule has 0 amide bonds. The highest BCUT2D eigenvalue weighted by Gasteiger charge is 2.22. The predicted octanol–water partition coefficient (Wildman–Crippen LogP) is 19.8. The van der Waals surface area contributed by atoms with Crippen LogP contribution in [-0.4, -0.2) is 82.3 Å². The van der Waals surface area contributed by atoms with Crippen LogP contribution in [0.3, 0.4) is 0 Å². The van der Waals surface area contributed by atoms with Crippen LogP contribution < -0.4 is 5.11 Å². The number of carboxylic acids is 1. The first-order valence-electron chi connectivity index (χ1n) is 34.0. The molecule has 482 valence electrons. The second-order valence-corrected chi connectivity index (χ2v) is 23.3. The summed E-state index contributed by atoms with van der Waals surface area (Å²) in [7, 11) is 5.91. The fourth-order valence-electron chi connectivity index (χ4n) is 8.96. The molecule has 0 rings (SSSR count). The molecular weight excluding hydrogens is 1050 g/mol. The number of aliphatic carboxylic acids is 1. The highest BCUT2D eigenvalue weighted by molar-refractivity contribution is 5.70. The normalized spacial score (nSPS) is 13.7. The number of rotatable bonds is 61. The van der Waals surface area contributed by atoms with Crippen LogP contribution in [0.15, 0.2) is 146 Å². The van der Waals surface area contributed by atoms with Gasteiger partial charge < -0.3 is 33.3 Å². The van der Waals surface area contributed by atoms with E-state index in [0.717, 1.165) is 116 Å². The molecule has 9 nitrogen and oxygen atoms in total. The van der Waals surface area contributed by atoms with E-state index in [4.69, 9.17) is 18.9 Å². The van der Waals surface area contributed by atoms with Crippen LogP contribution in [-0.2, 0) is 33.3 Å². The van der Waals surface area contributed by atoms with Crippen molar-refractivity contribution < 1.29 is 42.9 Å². The monoisotopic (exact) mass is 1180 g/mol. The Morgan fingerprint density at radius 3 is 0.953 bits per heavy atom. The Bertz CT molecular complexity index is 1900. The molecule has 0 aromatic rings.